The number of nitrogens with zero attached hydrogens (tertiary/aromatic N) is 5. The van der Waals surface area contributed by atoms with Crippen molar-refractivity contribution in [2.45, 2.75) is 19.8 Å². The molecule has 0 unspecified atom stereocenters. The molecule has 8 nitrogen and oxygen atoms in total. The third-order valence-corrected chi connectivity index (χ3v) is 3.85. The predicted octanol–water partition coefficient (Wildman–Crippen LogP) is 3.05. The number of hydrogen-bond donors (Lipinski definition) is 1. The van der Waals surface area contributed by atoms with Crippen molar-refractivity contribution in [2.24, 2.45) is 5.73 Å². The van der Waals surface area contributed by atoms with E-state index in [0.717, 1.165) is 5.56 Å². The fourth-order valence-corrected chi connectivity index (χ4v) is 2.55. The smallest absolute Gasteiger partial charge is 0.272 e. The molecule has 0 spiro atoms. The molecule has 154 valence electrons. The van der Waals surface area contributed by atoms with E-state index in [4.69, 9.17) is 15.2 Å². The van der Waals surface area contributed by atoms with E-state index in [1.807, 2.05) is 6.07 Å². The second kappa shape index (κ2) is 9.67. The molecule has 0 atom stereocenters. The van der Waals surface area contributed by atoms with Crippen LogP contribution in [0.15, 0.2) is 36.7 Å². The summed E-state index contributed by atoms with van der Waals surface area (Å²) in [5.41, 5.74) is 7.32. The SMILES string of the molecule is Cc1nc(OCC(F)F)cc(Oc2cc(C#N)ccc2-c2ncc(CCN)cn2)n1. The van der Waals surface area contributed by atoms with Gasteiger partial charge in [-0.1, -0.05) is 0 Å². The molecule has 30 heavy (non-hydrogen) atoms. The quantitative estimate of drug-likeness (QED) is 0.599. The maximum atomic E-state index is 12.4. The van der Waals surface area contributed by atoms with Gasteiger partial charge in [0.05, 0.1) is 23.3 Å². The highest BCUT2D eigenvalue weighted by Gasteiger charge is 2.14. The number of benzene rings is 1. The Morgan fingerprint density at radius 2 is 1.87 bits per heavy atom. The average molecular weight is 412 g/mol. The molecule has 0 aliphatic heterocycles. The number of nitriles is 1. The van der Waals surface area contributed by atoms with Crippen molar-refractivity contribution >= 4 is 0 Å². The minimum absolute atomic E-state index is 0.0434. The summed E-state index contributed by atoms with van der Waals surface area (Å²) in [6.07, 6.45) is 1.35. The lowest BCUT2D eigenvalue weighted by molar-refractivity contribution is 0.0792. The van der Waals surface area contributed by atoms with Crippen molar-refractivity contribution in [1.82, 2.24) is 19.9 Å². The molecule has 2 aromatic heterocycles. The Morgan fingerprint density at radius 1 is 1.13 bits per heavy atom. The van der Waals surface area contributed by atoms with Crippen molar-refractivity contribution in [1.29, 1.82) is 5.26 Å². The zero-order valence-electron chi connectivity index (χ0n) is 16.0. The van der Waals surface area contributed by atoms with Crippen LogP contribution >= 0.6 is 0 Å². The number of nitrogens with two attached hydrogens (primary N) is 1. The molecule has 0 bridgehead atoms. The summed E-state index contributed by atoms with van der Waals surface area (Å²) >= 11 is 0. The van der Waals surface area contributed by atoms with Gasteiger partial charge in [0, 0.05) is 12.4 Å². The van der Waals surface area contributed by atoms with Crippen LogP contribution < -0.4 is 15.2 Å². The lowest BCUT2D eigenvalue weighted by Crippen LogP contribution is -2.09. The maximum absolute atomic E-state index is 12.4. The van der Waals surface area contributed by atoms with E-state index in [-0.39, 0.29) is 23.3 Å². The van der Waals surface area contributed by atoms with Gasteiger partial charge in [-0.15, -0.1) is 0 Å². The molecule has 0 saturated carbocycles. The second-order valence-electron chi connectivity index (χ2n) is 6.17. The van der Waals surface area contributed by atoms with Crippen molar-refractivity contribution < 1.29 is 18.3 Å². The molecule has 10 heteroatoms. The number of rotatable bonds is 8. The first-order chi connectivity index (χ1) is 14.5. The molecular weight excluding hydrogens is 394 g/mol. The molecular formula is C20H18F2N6O2. The lowest BCUT2D eigenvalue weighted by atomic mass is 10.1. The summed E-state index contributed by atoms with van der Waals surface area (Å²) < 4.78 is 35.6. The zero-order chi connectivity index (χ0) is 21.5. The Labute approximate surface area is 171 Å². The Kier molecular flexibility index (Phi) is 6.77. The van der Waals surface area contributed by atoms with Gasteiger partial charge in [-0.2, -0.15) is 15.2 Å². The van der Waals surface area contributed by atoms with E-state index in [9.17, 15) is 14.0 Å². The minimum atomic E-state index is -2.64. The summed E-state index contributed by atoms with van der Waals surface area (Å²) in [7, 11) is 0. The first-order valence-electron chi connectivity index (χ1n) is 8.98. The van der Waals surface area contributed by atoms with Crippen LogP contribution in [-0.2, 0) is 6.42 Å². The number of halogens is 2. The fraction of sp³-hybridized carbons (Fsp3) is 0.250. The van der Waals surface area contributed by atoms with E-state index in [1.54, 1.807) is 31.5 Å². The normalized spacial score (nSPS) is 10.7. The van der Waals surface area contributed by atoms with Crippen LogP contribution in [0.1, 0.15) is 17.0 Å². The van der Waals surface area contributed by atoms with Crippen LogP contribution in [0.3, 0.4) is 0 Å². The van der Waals surface area contributed by atoms with Gasteiger partial charge >= 0.3 is 0 Å². The molecule has 3 rings (SSSR count). The highest BCUT2D eigenvalue weighted by Crippen LogP contribution is 2.32. The summed E-state index contributed by atoms with van der Waals surface area (Å²) in [5.74, 6) is 0.965. The van der Waals surface area contributed by atoms with Crippen LogP contribution in [-0.4, -0.2) is 39.5 Å². The van der Waals surface area contributed by atoms with E-state index in [2.05, 4.69) is 19.9 Å². The second-order valence-corrected chi connectivity index (χ2v) is 6.17. The molecule has 2 N–H and O–H groups in total. The Hall–Kier alpha value is -3.71. The molecule has 0 fully saturated rings. The topological polar surface area (TPSA) is 120 Å². The van der Waals surface area contributed by atoms with Crippen molar-refractivity contribution in [3.05, 3.63) is 53.6 Å². The number of ether oxygens (including phenoxy) is 2. The molecule has 3 aromatic rings. The van der Waals surface area contributed by atoms with Crippen LogP contribution in [0.4, 0.5) is 8.78 Å². The lowest BCUT2D eigenvalue weighted by Gasteiger charge is -2.12. The van der Waals surface area contributed by atoms with Gasteiger partial charge in [0.15, 0.2) is 12.4 Å². The van der Waals surface area contributed by atoms with Gasteiger partial charge in [0.1, 0.15) is 11.6 Å². The molecule has 0 aliphatic rings. The third kappa shape index (κ3) is 5.42. The molecule has 1 aromatic carbocycles. The Bertz CT molecular complexity index is 1050. The van der Waals surface area contributed by atoms with Crippen LogP contribution in [0, 0.1) is 18.3 Å². The van der Waals surface area contributed by atoms with Gasteiger partial charge < -0.3 is 15.2 Å². The van der Waals surface area contributed by atoms with Crippen molar-refractivity contribution in [2.75, 3.05) is 13.2 Å². The maximum Gasteiger partial charge on any atom is 0.272 e. The van der Waals surface area contributed by atoms with E-state index < -0.39 is 13.0 Å². The number of aromatic nitrogens is 4. The van der Waals surface area contributed by atoms with Crippen LogP contribution in [0.5, 0.6) is 17.5 Å². The van der Waals surface area contributed by atoms with Gasteiger partial charge in [-0.25, -0.2) is 18.7 Å². The Morgan fingerprint density at radius 3 is 2.53 bits per heavy atom. The van der Waals surface area contributed by atoms with Gasteiger partial charge in [0.25, 0.3) is 6.43 Å². The van der Waals surface area contributed by atoms with E-state index in [1.165, 1.54) is 12.1 Å². The molecule has 0 amide bonds. The van der Waals surface area contributed by atoms with E-state index in [0.29, 0.717) is 29.9 Å². The fourth-order valence-electron chi connectivity index (χ4n) is 2.55. The minimum Gasteiger partial charge on any atom is -0.471 e. The highest BCUT2D eigenvalue weighted by atomic mass is 19.3. The van der Waals surface area contributed by atoms with Crippen molar-refractivity contribution in [3.8, 4) is 35.0 Å². The highest BCUT2D eigenvalue weighted by molar-refractivity contribution is 5.66. The summed E-state index contributed by atoms with van der Waals surface area (Å²) in [5, 5.41) is 9.23. The van der Waals surface area contributed by atoms with Gasteiger partial charge in [-0.3, -0.25) is 0 Å². The van der Waals surface area contributed by atoms with Crippen LogP contribution in [0.25, 0.3) is 11.4 Å². The number of aryl methyl sites for hydroxylation is 1. The number of alkyl halides is 2. The van der Waals surface area contributed by atoms with Gasteiger partial charge in [0.2, 0.25) is 11.8 Å². The molecule has 0 saturated heterocycles. The third-order valence-electron chi connectivity index (χ3n) is 3.85. The van der Waals surface area contributed by atoms with E-state index >= 15 is 0 Å². The largest absolute Gasteiger partial charge is 0.471 e. The Balaban J connectivity index is 1.94. The predicted molar refractivity (Wildman–Crippen MR) is 103 cm³/mol. The summed E-state index contributed by atoms with van der Waals surface area (Å²) in [6, 6.07) is 8.12. The molecule has 2 heterocycles. The summed E-state index contributed by atoms with van der Waals surface area (Å²) in [6.45, 7) is 1.26. The molecule has 0 aliphatic carbocycles. The average Bonchev–Trinajstić information content (AvgIpc) is 2.73. The summed E-state index contributed by atoms with van der Waals surface area (Å²) in [4.78, 5) is 16.8. The van der Waals surface area contributed by atoms with Crippen LogP contribution in [0.2, 0.25) is 0 Å². The first-order valence-corrected chi connectivity index (χ1v) is 8.98. The monoisotopic (exact) mass is 412 g/mol. The van der Waals surface area contributed by atoms with Gasteiger partial charge in [-0.05, 0) is 43.7 Å². The zero-order valence-corrected chi connectivity index (χ0v) is 16.0. The molecule has 0 radical (unpaired) electrons. The van der Waals surface area contributed by atoms with Crippen molar-refractivity contribution in [3.63, 3.8) is 0 Å². The first kappa shape index (κ1) is 21.0. The standard InChI is InChI=1S/C20H18F2N6O2/c1-12-27-18(29-11-17(21)22)7-19(28-12)30-16-6-13(8-24)2-3-15(16)20-25-9-14(4-5-23)10-26-20/h2-3,6-7,9-10,17H,4-5,11,23H2,1H3. The number of hydrogen-bond acceptors (Lipinski definition) is 8.